The van der Waals surface area contributed by atoms with E-state index in [4.69, 9.17) is 4.74 Å². The van der Waals surface area contributed by atoms with Gasteiger partial charge in [0.1, 0.15) is 18.2 Å². The predicted octanol–water partition coefficient (Wildman–Crippen LogP) is 3.30. The lowest BCUT2D eigenvalue weighted by Gasteiger charge is -2.41. The molecule has 1 saturated carbocycles. The molecular formula is C22H33FN2O2. The number of ether oxygens (including phenoxy) is 1. The summed E-state index contributed by atoms with van der Waals surface area (Å²) in [7, 11) is 0. The van der Waals surface area contributed by atoms with Gasteiger partial charge in [0.25, 0.3) is 0 Å². The first-order valence-corrected chi connectivity index (χ1v) is 10.4. The first-order valence-electron chi connectivity index (χ1n) is 10.4. The fourth-order valence-electron chi connectivity index (χ4n) is 5.09. The zero-order chi connectivity index (χ0) is 19.1. The fourth-order valence-corrected chi connectivity index (χ4v) is 5.09. The lowest BCUT2D eigenvalue weighted by molar-refractivity contribution is 0.0277. The maximum Gasteiger partial charge on any atom is 0.126 e. The van der Waals surface area contributed by atoms with E-state index < -0.39 is 5.60 Å². The van der Waals surface area contributed by atoms with E-state index in [1.807, 2.05) is 6.07 Å². The number of piperidine rings is 1. The Morgan fingerprint density at radius 1 is 1.26 bits per heavy atom. The number of nitrogens with one attached hydrogen (secondary N) is 1. The Hall–Kier alpha value is -1.17. The van der Waals surface area contributed by atoms with Gasteiger partial charge in [0.15, 0.2) is 0 Å². The molecule has 4 nitrogen and oxygen atoms in total. The Kier molecular flexibility index (Phi) is 5.21. The van der Waals surface area contributed by atoms with Crippen LogP contribution in [0, 0.1) is 11.2 Å². The molecule has 1 unspecified atom stereocenters. The van der Waals surface area contributed by atoms with Crippen LogP contribution in [0.25, 0.3) is 0 Å². The molecular weight excluding hydrogens is 343 g/mol. The Balaban J connectivity index is 1.38. The van der Waals surface area contributed by atoms with Crippen molar-refractivity contribution in [3.05, 3.63) is 29.6 Å². The number of halogens is 1. The smallest absolute Gasteiger partial charge is 0.126 e. The third-order valence-electron chi connectivity index (χ3n) is 6.72. The minimum Gasteiger partial charge on any atom is -0.490 e. The van der Waals surface area contributed by atoms with Gasteiger partial charge in [0.2, 0.25) is 0 Å². The van der Waals surface area contributed by atoms with Crippen LogP contribution in [0.15, 0.2) is 18.2 Å². The summed E-state index contributed by atoms with van der Waals surface area (Å²) in [5.74, 6) is 0.711. The van der Waals surface area contributed by atoms with Gasteiger partial charge in [-0.05, 0) is 82.0 Å². The summed E-state index contributed by atoms with van der Waals surface area (Å²) in [4.78, 5) is 2.68. The van der Waals surface area contributed by atoms with Crippen LogP contribution in [0.3, 0.4) is 0 Å². The molecule has 1 aliphatic carbocycles. The molecule has 1 atom stereocenters. The van der Waals surface area contributed by atoms with E-state index in [0.717, 1.165) is 37.5 Å². The quantitative estimate of drug-likeness (QED) is 0.828. The molecule has 2 N–H and O–H groups in total. The monoisotopic (exact) mass is 376 g/mol. The predicted molar refractivity (Wildman–Crippen MR) is 105 cm³/mol. The zero-order valence-corrected chi connectivity index (χ0v) is 16.6. The normalized spacial score (nSPS) is 26.3. The van der Waals surface area contributed by atoms with E-state index in [9.17, 15) is 9.50 Å². The number of hydrogen-bond acceptors (Lipinski definition) is 4. The van der Waals surface area contributed by atoms with Crippen molar-refractivity contribution in [1.29, 1.82) is 0 Å². The van der Waals surface area contributed by atoms with Gasteiger partial charge in [-0.25, -0.2) is 4.39 Å². The van der Waals surface area contributed by atoms with Crippen molar-refractivity contribution in [3.63, 3.8) is 0 Å². The summed E-state index contributed by atoms with van der Waals surface area (Å²) in [6.45, 7) is 8.21. The van der Waals surface area contributed by atoms with Crippen LogP contribution >= 0.6 is 0 Å². The van der Waals surface area contributed by atoms with Crippen molar-refractivity contribution < 1.29 is 14.2 Å². The van der Waals surface area contributed by atoms with Gasteiger partial charge in [-0.15, -0.1) is 0 Å². The van der Waals surface area contributed by atoms with Crippen LogP contribution in [0.4, 0.5) is 4.39 Å². The van der Waals surface area contributed by atoms with Crippen molar-refractivity contribution in [1.82, 2.24) is 10.2 Å². The fraction of sp³-hybridized carbons (Fsp3) is 0.727. The minimum absolute atomic E-state index is 0.167. The zero-order valence-electron chi connectivity index (χ0n) is 16.6. The van der Waals surface area contributed by atoms with Crippen molar-refractivity contribution in [2.45, 2.75) is 63.5 Å². The first kappa shape index (κ1) is 19.2. The van der Waals surface area contributed by atoms with Gasteiger partial charge in [0, 0.05) is 25.2 Å². The lowest BCUT2D eigenvalue weighted by Crippen LogP contribution is -2.52. The molecule has 4 rings (SSSR count). The van der Waals surface area contributed by atoms with Gasteiger partial charge in [-0.2, -0.15) is 0 Å². The van der Waals surface area contributed by atoms with Crippen LogP contribution in [-0.2, 0) is 0 Å². The van der Waals surface area contributed by atoms with Gasteiger partial charge >= 0.3 is 0 Å². The maximum absolute atomic E-state index is 13.8. The van der Waals surface area contributed by atoms with Crippen LogP contribution in [-0.4, -0.2) is 54.4 Å². The average Bonchev–Trinajstić information content (AvgIpc) is 3.06. The van der Waals surface area contributed by atoms with Crippen molar-refractivity contribution >= 4 is 0 Å². The van der Waals surface area contributed by atoms with E-state index in [-0.39, 0.29) is 12.4 Å². The topological polar surface area (TPSA) is 44.7 Å². The molecule has 2 saturated heterocycles. The molecule has 1 aromatic carbocycles. The largest absolute Gasteiger partial charge is 0.490 e. The third-order valence-corrected chi connectivity index (χ3v) is 6.72. The molecule has 3 aliphatic rings. The highest BCUT2D eigenvalue weighted by Gasteiger charge is 2.45. The molecule has 5 heteroatoms. The summed E-state index contributed by atoms with van der Waals surface area (Å²) in [5.41, 5.74) is 0.754. The van der Waals surface area contributed by atoms with Crippen LogP contribution in [0.1, 0.15) is 57.4 Å². The molecule has 0 amide bonds. The second-order valence-electron chi connectivity index (χ2n) is 9.59. The Labute approximate surface area is 162 Å². The minimum atomic E-state index is -0.929. The summed E-state index contributed by atoms with van der Waals surface area (Å²) in [6, 6.07) is 5.62. The van der Waals surface area contributed by atoms with Crippen molar-refractivity contribution in [2.24, 2.45) is 5.41 Å². The SMILES string of the molecule is CC(C)(O)COc1cc(F)ccc1C1CCN(C2CCC3(CNC3)C2)CC1. The number of hydrogen-bond donors (Lipinski definition) is 2. The Morgan fingerprint density at radius 2 is 2.00 bits per heavy atom. The Morgan fingerprint density at radius 3 is 2.59 bits per heavy atom. The van der Waals surface area contributed by atoms with Crippen LogP contribution in [0.2, 0.25) is 0 Å². The molecule has 2 aliphatic heterocycles. The van der Waals surface area contributed by atoms with Crippen molar-refractivity contribution in [3.8, 4) is 5.75 Å². The van der Waals surface area contributed by atoms with Gasteiger partial charge < -0.3 is 20.1 Å². The number of rotatable bonds is 5. The molecule has 0 aromatic heterocycles. The average molecular weight is 377 g/mol. The van der Waals surface area contributed by atoms with E-state index >= 15 is 0 Å². The highest BCUT2D eigenvalue weighted by Crippen LogP contribution is 2.44. The first-order chi connectivity index (χ1) is 12.8. The van der Waals surface area contributed by atoms with Crippen molar-refractivity contribution in [2.75, 3.05) is 32.8 Å². The summed E-state index contributed by atoms with van der Waals surface area (Å²) >= 11 is 0. The summed E-state index contributed by atoms with van der Waals surface area (Å²) in [5, 5.41) is 13.4. The van der Waals surface area contributed by atoms with Gasteiger partial charge in [0.05, 0.1) is 5.60 Å². The van der Waals surface area contributed by atoms with Gasteiger partial charge in [-0.1, -0.05) is 6.07 Å². The number of likely N-dealkylation sites (tertiary alicyclic amines) is 1. The molecule has 3 fully saturated rings. The van der Waals surface area contributed by atoms with Crippen LogP contribution < -0.4 is 10.1 Å². The molecule has 0 bridgehead atoms. The van der Waals surface area contributed by atoms with E-state index in [1.165, 1.54) is 44.5 Å². The highest BCUT2D eigenvalue weighted by molar-refractivity contribution is 5.37. The Bertz CT molecular complexity index is 661. The third kappa shape index (κ3) is 4.30. The van der Waals surface area contributed by atoms with Crippen LogP contribution in [0.5, 0.6) is 5.75 Å². The number of nitrogens with zero attached hydrogens (tertiary/aromatic N) is 1. The number of benzene rings is 1. The second kappa shape index (κ2) is 7.34. The molecule has 0 radical (unpaired) electrons. The molecule has 150 valence electrons. The van der Waals surface area contributed by atoms with E-state index in [0.29, 0.717) is 17.1 Å². The second-order valence-corrected chi connectivity index (χ2v) is 9.59. The summed E-state index contributed by atoms with van der Waals surface area (Å²) in [6.07, 6.45) is 6.24. The van der Waals surface area contributed by atoms with E-state index in [1.54, 1.807) is 13.8 Å². The maximum atomic E-state index is 13.8. The van der Waals surface area contributed by atoms with Gasteiger partial charge in [-0.3, -0.25) is 0 Å². The molecule has 2 heterocycles. The highest BCUT2D eigenvalue weighted by atomic mass is 19.1. The standard InChI is InChI=1S/C22H33FN2O2/c1-21(2,26)15-27-20-11-17(23)3-4-19(20)16-6-9-25(10-7-16)18-5-8-22(12-18)13-24-14-22/h3-4,11,16,18,24,26H,5-10,12-15H2,1-2H3. The van der Waals surface area contributed by atoms with E-state index in [2.05, 4.69) is 10.2 Å². The number of aliphatic hydroxyl groups is 1. The lowest BCUT2D eigenvalue weighted by atomic mass is 9.80. The molecule has 1 spiro atoms. The molecule has 27 heavy (non-hydrogen) atoms. The molecule has 1 aromatic rings. The summed E-state index contributed by atoms with van der Waals surface area (Å²) < 4.78 is 19.6.